The van der Waals surface area contributed by atoms with Crippen molar-refractivity contribution in [2.45, 2.75) is 61.8 Å². The SMILES string of the molecule is C[C@H](NC(=O)[C@@H]1CCCN1C(=O)[C@H](CC(=O)NC(c1ccccc1)(c1ccccc1)c1ccccc1)NC(=O)OCC1c2ccccc2-c2ccccc21)C(=O)N[C@@H](CS)C(=O)O. The Labute approximate surface area is 371 Å². The molecule has 0 saturated carbocycles. The molecule has 0 unspecified atom stereocenters. The number of likely N-dealkylation sites (tertiary alicyclic amines) is 1. The van der Waals surface area contributed by atoms with Gasteiger partial charge in [-0.25, -0.2) is 9.59 Å². The quantitative estimate of drug-likeness (QED) is 0.0564. The van der Waals surface area contributed by atoms with Crippen molar-refractivity contribution in [3.63, 3.8) is 0 Å². The molecule has 4 atom stereocenters. The second kappa shape index (κ2) is 19.8. The average molecular weight is 868 g/mol. The Balaban J connectivity index is 1.16. The lowest BCUT2D eigenvalue weighted by Gasteiger charge is -2.37. The van der Waals surface area contributed by atoms with Crippen molar-refractivity contribution in [3.8, 4) is 11.1 Å². The molecule has 14 heteroatoms. The van der Waals surface area contributed by atoms with Crippen LogP contribution >= 0.6 is 12.6 Å². The number of thiol groups is 1. The fourth-order valence-corrected chi connectivity index (χ4v) is 8.82. The minimum Gasteiger partial charge on any atom is -0.480 e. The van der Waals surface area contributed by atoms with Gasteiger partial charge in [-0.15, -0.1) is 0 Å². The molecule has 5 amide bonds. The molecule has 63 heavy (non-hydrogen) atoms. The first kappa shape index (κ1) is 44.1. The summed E-state index contributed by atoms with van der Waals surface area (Å²) in [7, 11) is 0. The lowest BCUT2D eigenvalue weighted by molar-refractivity contribution is -0.143. The summed E-state index contributed by atoms with van der Waals surface area (Å²) in [5.41, 5.74) is 5.10. The molecule has 13 nitrogen and oxygen atoms in total. The number of aliphatic carboxylic acids is 1. The monoisotopic (exact) mass is 867 g/mol. The number of alkyl carbamates (subject to hydrolysis) is 1. The van der Waals surface area contributed by atoms with Gasteiger partial charge in [-0.05, 0) is 58.7 Å². The highest BCUT2D eigenvalue weighted by molar-refractivity contribution is 7.80. The summed E-state index contributed by atoms with van der Waals surface area (Å²) in [4.78, 5) is 82.6. The average Bonchev–Trinajstić information content (AvgIpc) is 3.93. The lowest BCUT2D eigenvalue weighted by Crippen LogP contribution is -2.58. The van der Waals surface area contributed by atoms with Crippen LogP contribution in [-0.2, 0) is 34.2 Å². The molecule has 0 bridgehead atoms. The van der Waals surface area contributed by atoms with Crippen molar-refractivity contribution in [1.82, 2.24) is 26.2 Å². The van der Waals surface area contributed by atoms with E-state index in [0.29, 0.717) is 6.42 Å². The Morgan fingerprint density at radius 1 is 0.714 bits per heavy atom. The van der Waals surface area contributed by atoms with Crippen molar-refractivity contribution in [2.24, 2.45) is 0 Å². The van der Waals surface area contributed by atoms with Crippen LogP contribution in [0, 0.1) is 0 Å². The minimum atomic E-state index is -1.48. The predicted octanol–water partition coefficient (Wildman–Crippen LogP) is 5.39. The Bertz CT molecular complexity index is 2310. The van der Waals surface area contributed by atoms with Gasteiger partial charge >= 0.3 is 12.1 Å². The summed E-state index contributed by atoms with van der Waals surface area (Å²) < 4.78 is 5.86. The van der Waals surface area contributed by atoms with Gasteiger partial charge in [-0.2, -0.15) is 12.6 Å². The molecule has 1 aliphatic carbocycles. The van der Waals surface area contributed by atoms with Crippen LogP contribution < -0.4 is 21.3 Å². The van der Waals surface area contributed by atoms with E-state index in [4.69, 9.17) is 4.74 Å². The summed E-state index contributed by atoms with van der Waals surface area (Å²) in [6, 6.07) is 39.2. The standard InChI is InChI=1S/C49H49N5O8S/c1-31(44(56)51-41(30-63)47(59)60)50-45(57)42-26-15-27-54(42)46(58)40(52-48(61)62-29-39-37-24-13-11-22-35(37)36-23-12-14-25-38(36)39)28-43(55)53-49(32-16-5-2-6-17-32,33-18-7-3-8-19-33)34-20-9-4-10-21-34/h2-14,16-25,31,39-42,63H,15,26-30H2,1H3,(H,50,57)(H,51,56)(H,52,61)(H,53,55)(H,59,60)/t31-,40-,41-,42-/m0/s1. The second-order valence-electron chi connectivity index (χ2n) is 15.6. The molecule has 0 aromatic heterocycles. The van der Waals surface area contributed by atoms with Crippen LogP contribution in [0.25, 0.3) is 11.1 Å². The Hall–Kier alpha value is -6.93. The van der Waals surface area contributed by atoms with Crippen molar-refractivity contribution in [3.05, 3.63) is 167 Å². The van der Waals surface area contributed by atoms with Gasteiger partial charge in [0.05, 0.1) is 6.42 Å². The number of rotatable bonds is 16. The molecule has 1 fully saturated rings. The van der Waals surface area contributed by atoms with Crippen LogP contribution in [0.4, 0.5) is 4.79 Å². The molecule has 0 spiro atoms. The number of benzene rings is 5. The molecule has 1 heterocycles. The number of hydrogen-bond donors (Lipinski definition) is 6. The van der Waals surface area contributed by atoms with Crippen LogP contribution in [0.1, 0.15) is 59.9 Å². The van der Waals surface area contributed by atoms with Gasteiger partial charge < -0.3 is 36.0 Å². The number of nitrogens with one attached hydrogen (secondary N) is 4. The predicted molar refractivity (Wildman–Crippen MR) is 240 cm³/mol. The maximum absolute atomic E-state index is 14.7. The van der Waals surface area contributed by atoms with E-state index in [-0.39, 0.29) is 31.2 Å². The number of carbonyl (C=O) groups excluding carboxylic acids is 5. The fraction of sp³-hybridized carbons (Fsp3) is 0.265. The first-order chi connectivity index (χ1) is 30.5. The molecule has 2 aliphatic rings. The number of carboxylic acid groups (broad SMARTS) is 1. The van der Waals surface area contributed by atoms with Gasteiger partial charge in [0.15, 0.2) is 0 Å². The highest BCUT2D eigenvalue weighted by atomic mass is 32.1. The van der Waals surface area contributed by atoms with Gasteiger partial charge in [0.25, 0.3) is 0 Å². The molecule has 1 saturated heterocycles. The van der Waals surface area contributed by atoms with Crippen LogP contribution in [-0.4, -0.2) is 88.8 Å². The normalized spacial score (nSPS) is 15.8. The third kappa shape index (κ3) is 9.61. The van der Waals surface area contributed by atoms with E-state index >= 15 is 0 Å². The molecule has 5 aromatic rings. The van der Waals surface area contributed by atoms with Gasteiger partial charge in [0.2, 0.25) is 23.6 Å². The molecule has 1 aliphatic heterocycles. The highest BCUT2D eigenvalue weighted by Crippen LogP contribution is 2.44. The highest BCUT2D eigenvalue weighted by Gasteiger charge is 2.42. The smallest absolute Gasteiger partial charge is 0.407 e. The van der Waals surface area contributed by atoms with E-state index in [1.807, 2.05) is 140 Å². The van der Waals surface area contributed by atoms with Crippen LogP contribution in [0.5, 0.6) is 0 Å². The van der Waals surface area contributed by atoms with Gasteiger partial charge in [0.1, 0.15) is 36.3 Å². The van der Waals surface area contributed by atoms with E-state index in [1.165, 1.54) is 11.8 Å². The third-order valence-corrected chi connectivity index (χ3v) is 12.0. The van der Waals surface area contributed by atoms with Gasteiger partial charge in [0, 0.05) is 18.2 Å². The number of hydrogen-bond acceptors (Lipinski definition) is 8. The molecular formula is C49H49N5O8S. The topological polar surface area (TPSA) is 183 Å². The molecule has 0 radical (unpaired) electrons. The Morgan fingerprint density at radius 2 is 1.22 bits per heavy atom. The Morgan fingerprint density at radius 3 is 1.73 bits per heavy atom. The number of ether oxygens (including phenoxy) is 1. The van der Waals surface area contributed by atoms with Crippen molar-refractivity contribution >= 4 is 48.3 Å². The van der Waals surface area contributed by atoms with Crippen LogP contribution in [0.15, 0.2) is 140 Å². The van der Waals surface area contributed by atoms with Crippen LogP contribution in [0.3, 0.4) is 0 Å². The van der Waals surface area contributed by atoms with E-state index in [1.54, 1.807) is 0 Å². The number of amides is 5. The van der Waals surface area contributed by atoms with Gasteiger partial charge in [-0.3, -0.25) is 19.2 Å². The van der Waals surface area contributed by atoms with E-state index < -0.39 is 71.8 Å². The number of nitrogens with zero attached hydrogens (tertiary/aromatic N) is 1. The number of carboxylic acids is 1. The minimum absolute atomic E-state index is 0.0449. The summed E-state index contributed by atoms with van der Waals surface area (Å²) in [6.07, 6.45) is -0.787. The Kier molecular flexibility index (Phi) is 13.9. The molecule has 5 aromatic carbocycles. The molecule has 5 N–H and O–H groups in total. The summed E-state index contributed by atoms with van der Waals surface area (Å²) in [5, 5.41) is 20.2. The fourth-order valence-electron chi connectivity index (χ4n) is 8.57. The van der Waals surface area contributed by atoms with Crippen molar-refractivity contribution < 1.29 is 38.6 Å². The zero-order valence-corrected chi connectivity index (χ0v) is 35.5. The zero-order chi connectivity index (χ0) is 44.5. The second-order valence-corrected chi connectivity index (χ2v) is 16.0. The first-order valence-corrected chi connectivity index (χ1v) is 21.5. The summed E-state index contributed by atoms with van der Waals surface area (Å²) in [5.74, 6) is -4.38. The number of fused-ring (bicyclic) bond motifs is 3. The number of carbonyl (C=O) groups is 6. The maximum atomic E-state index is 14.7. The largest absolute Gasteiger partial charge is 0.480 e. The summed E-state index contributed by atoms with van der Waals surface area (Å²) in [6.45, 7) is 1.48. The van der Waals surface area contributed by atoms with E-state index in [0.717, 1.165) is 38.9 Å². The van der Waals surface area contributed by atoms with E-state index in [2.05, 4.69) is 33.9 Å². The third-order valence-electron chi connectivity index (χ3n) is 11.7. The van der Waals surface area contributed by atoms with Crippen molar-refractivity contribution in [1.29, 1.82) is 0 Å². The molecular weight excluding hydrogens is 819 g/mol. The molecule has 324 valence electrons. The van der Waals surface area contributed by atoms with Crippen LogP contribution in [0.2, 0.25) is 0 Å². The summed E-state index contributed by atoms with van der Waals surface area (Å²) >= 11 is 3.98. The van der Waals surface area contributed by atoms with E-state index in [9.17, 15) is 33.9 Å². The van der Waals surface area contributed by atoms with Gasteiger partial charge in [-0.1, -0.05) is 140 Å². The molecule has 7 rings (SSSR count). The first-order valence-electron chi connectivity index (χ1n) is 20.9. The zero-order valence-electron chi connectivity index (χ0n) is 34.6. The maximum Gasteiger partial charge on any atom is 0.407 e. The lowest BCUT2D eigenvalue weighted by atomic mass is 9.77. The van der Waals surface area contributed by atoms with Crippen molar-refractivity contribution in [2.75, 3.05) is 18.9 Å².